The normalized spacial score (nSPS) is 12.2. The van der Waals surface area contributed by atoms with Crippen molar-refractivity contribution in [2.45, 2.75) is 26.4 Å². The van der Waals surface area contributed by atoms with E-state index < -0.39 is 40.2 Å². The Kier molecular flexibility index (Phi) is 8.41. The van der Waals surface area contributed by atoms with E-state index in [9.17, 15) is 22.4 Å². The number of hydrogen-bond donors (Lipinski definition) is 1. The molecule has 0 bridgehead atoms. The molecule has 1 unspecified atom stereocenters. The molecule has 0 aliphatic rings. The van der Waals surface area contributed by atoms with Crippen LogP contribution in [0, 0.1) is 5.82 Å². The first-order valence-corrected chi connectivity index (χ1v) is 11.8. The summed E-state index contributed by atoms with van der Waals surface area (Å²) in [5.74, 6) is -1.86. The van der Waals surface area contributed by atoms with Gasteiger partial charge in [0.25, 0.3) is 0 Å². The zero-order chi connectivity index (χ0) is 23.2. The highest BCUT2D eigenvalue weighted by Gasteiger charge is 2.31. The maximum Gasteiger partial charge on any atom is 0.244 e. The fourth-order valence-electron chi connectivity index (χ4n) is 2.96. The van der Waals surface area contributed by atoms with Crippen molar-refractivity contribution in [3.63, 3.8) is 0 Å². The van der Waals surface area contributed by atoms with E-state index in [1.165, 1.54) is 30.0 Å². The molecule has 1 N–H and O–H groups in total. The van der Waals surface area contributed by atoms with Crippen molar-refractivity contribution >= 4 is 39.1 Å². The van der Waals surface area contributed by atoms with Gasteiger partial charge in [-0.3, -0.25) is 13.9 Å². The quantitative estimate of drug-likeness (QED) is 0.611. The summed E-state index contributed by atoms with van der Waals surface area (Å²) in [5.41, 5.74) is 0.340. The van der Waals surface area contributed by atoms with Crippen LogP contribution < -0.4 is 9.62 Å². The lowest BCUT2D eigenvalue weighted by Gasteiger charge is -2.31. The molecule has 7 nitrogen and oxygen atoms in total. The molecule has 10 heteroatoms. The van der Waals surface area contributed by atoms with Gasteiger partial charge in [0.1, 0.15) is 18.4 Å². The minimum atomic E-state index is -3.99. The Morgan fingerprint density at radius 1 is 1.13 bits per heavy atom. The molecule has 0 heterocycles. The van der Waals surface area contributed by atoms with Gasteiger partial charge in [-0.1, -0.05) is 41.9 Å². The second-order valence-electron chi connectivity index (χ2n) is 6.90. The molecule has 0 aliphatic carbocycles. The van der Waals surface area contributed by atoms with Gasteiger partial charge < -0.3 is 10.2 Å². The van der Waals surface area contributed by atoms with E-state index in [0.29, 0.717) is 21.4 Å². The number of amides is 2. The molecule has 0 saturated carbocycles. The predicted molar refractivity (Wildman–Crippen MR) is 119 cm³/mol. The SMILES string of the molecule is CCNC(=O)C(C)N(Cc1ccccc1Cl)C(=O)CN(c1ccccc1F)S(C)(=O)=O. The van der Waals surface area contributed by atoms with Crippen LogP contribution in [-0.4, -0.2) is 50.5 Å². The van der Waals surface area contributed by atoms with Crippen molar-refractivity contribution in [3.05, 3.63) is 64.9 Å². The number of benzene rings is 2. The van der Waals surface area contributed by atoms with Crippen LogP contribution in [0.15, 0.2) is 48.5 Å². The van der Waals surface area contributed by atoms with E-state index in [2.05, 4.69) is 5.32 Å². The summed E-state index contributed by atoms with van der Waals surface area (Å²) in [6.07, 6.45) is 0.887. The maximum absolute atomic E-state index is 14.3. The molecule has 2 aromatic carbocycles. The van der Waals surface area contributed by atoms with Gasteiger partial charge in [-0.2, -0.15) is 0 Å². The Balaban J connectivity index is 2.41. The van der Waals surface area contributed by atoms with E-state index in [4.69, 9.17) is 11.6 Å². The van der Waals surface area contributed by atoms with E-state index in [1.807, 2.05) is 0 Å². The molecule has 0 fully saturated rings. The van der Waals surface area contributed by atoms with Crippen molar-refractivity contribution in [1.82, 2.24) is 10.2 Å². The molecule has 0 saturated heterocycles. The molecule has 0 radical (unpaired) electrons. The van der Waals surface area contributed by atoms with Gasteiger partial charge in [0.15, 0.2) is 0 Å². The molecular formula is C21H25ClFN3O4S. The fourth-order valence-corrected chi connectivity index (χ4v) is 4.01. The molecule has 0 aliphatic heterocycles. The second kappa shape index (κ2) is 10.6. The zero-order valence-corrected chi connectivity index (χ0v) is 19.1. The van der Waals surface area contributed by atoms with Gasteiger partial charge in [0.05, 0.1) is 11.9 Å². The summed E-state index contributed by atoms with van der Waals surface area (Å²) in [7, 11) is -3.99. The first kappa shape index (κ1) is 24.6. The summed E-state index contributed by atoms with van der Waals surface area (Å²) in [6.45, 7) is 2.95. The molecule has 1 atom stereocenters. The minimum absolute atomic E-state index is 0.0221. The predicted octanol–water partition coefficient (Wildman–Crippen LogP) is 2.80. The van der Waals surface area contributed by atoms with Gasteiger partial charge in [-0.05, 0) is 37.6 Å². The highest BCUT2D eigenvalue weighted by atomic mass is 35.5. The van der Waals surface area contributed by atoms with Crippen molar-refractivity contribution < 1.29 is 22.4 Å². The number of para-hydroxylation sites is 1. The Labute approximate surface area is 186 Å². The molecule has 2 rings (SSSR count). The topological polar surface area (TPSA) is 86.8 Å². The van der Waals surface area contributed by atoms with Gasteiger partial charge in [-0.15, -0.1) is 0 Å². The van der Waals surface area contributed by atoms with E-state index in [1.54, 1.807) is 31.2 Å². The van der Waals surface area contributed by atoms with Crippen molar-refractivity contribution in [3.8, 4) is 0 Å². The third kappa shape index (κ3) is 6.41. The molecule has 168 valence electrons. The van der Waals surface area contributed by atoms with Crippen LogP contribution in [0.5, 0.6) is 0 Å². The Morgan fingerprint density at radius 2 is 1.74 bits per heavy atom. The number of anilines is 1. The Morgan fingerprint density at radius 3 is 2.32 bits per heavy atom. The largest absolute Gasteiger partial charge is 0.355 e. The lowest BCUT2D eigenvalue weighted by atomic mass is 10.1. The van der Waals surface area contributed by atoms with Crippen molar-refractivity contribution in [2.75, 3.05) is 23.7 Å². The first-order chi connectivity index (χ1) is 14.6. The number of likely N-dealkylation sites (N-methyl/N-ethyl adjacent to an activating group) is 1. The smallest absolute Gasteiger partial charge is 0.244 e. The molecular weight excluding hydrogens is 445 g/mol. The number of sulfonamides is 1. The second-order valence-corrected chi connectivity index (χ2v) is 9.22. The number of nitrogens with zero attached hydrogens (tertiary/aromatic N) is 2. The van der Waals surface area contributed by atoms with E-state index >= 15 is 0 Å². The van der Waals surface area contributed by atoms with Crippen molar-refractivity contribution in [2.24, 2.45) is 0 Å². The van der Waals surface area contributed by atoms with Crippen LogP contribution in [0.3, 0.4) is 0 Å². The molecule has 2 amide bonds. The standard InChI is InChI=1S/C21H25ClFN3O4S/c1-4-24-21(28)15(2)25(13-16-9-5-6-10-17(16)22)20(27)14-26(31(3,29)30)19-12-8-7-11-18(19)23/h5-12,15H,4,13-14H2,1-3H3,(H,24,28). The number of rotatable bonds is 9. The lowest BCUT2D eigenvalue weighted by Crippen LogP contribution is -2.51. The van der Waals surface area contributed by atoms with Crippen LogP contribution in [0.1, 0.15) is 19.4 Å². The third-order valence-electron chi connectivity index (χ3n) is 4.62. The van der Waals surface area contributed by atoms with Crippen LogP contribution in [-0.2, 0) is 26.2 Å². The minimum Gasteiger partial charge on any atom is -0.355 e. The summed E-state index contributed by atoms with van der Waals surface area (Å²) in [6, 6.07) is 11.2. The van der Waals surface area contributed by atoms with Gasteiger partial charge in [0.2, 0.25) is 21.8 Å². The summed E-state index contributed by atoms with van der Waals surface area (Å²) in [5, 5.41) is 3.05. The molecule has 0 aromatic heterocycles. The molecule has 31 heavy (non-hydrogen) atoms. The monoisotopic (exact) mass is 469 g/mol. The lowest BCUT2D eigenvalue weighted by molar-refractivity contribution is -0.139. The summed E-state index contributed by atoms with van der Waals surface area (Å²) >= 11 is 6.22. The molecule has 2 aromatic rings. The van der Waals surface area contributed by atoms with Crippen molar-refractivity contribution in [1.29, 1.82) is 0 Å². The Hall–Kier alpha value is -2.65. The number of halogens is 2. The van der Waals surface area contributed by atoms with Gasteiger partial charge in [-0.25, -0.2) is 12.8 Å². The van der Waals surface area contributed by atoms with Crippen LogP contribution in [0.4, 0.5) is 10.1 Å². The van der Waals surface area contributed by atoms with Crippen LogP contribution >= 0.6 is 11.6 Å². The number of carbonyl (C=O) groups excluding carboxylic acids is 2. The Bertz CT molecular complexity index is 1050. The van der Waals surface area contributed by atoms with Gasteiger partial charge >= 0.3 is 0 Å². The average Bonchev–Trinajstić information content (AvgIpc) is 2.71. The highest BCUT2D eigenvalue weighted by Crippen LogP contribution is 2.23. The zero-order valence-electron chi connectivity index (χ0n) is 17.5. The highest BCUT2D eigenvalue weighted by molar-refractivity contribution is 7.92. The van der Waals surface area contributed by atoms with Crippen LogP contribution in [0.2, 0.25) is 5.02 Å². The van der Waals surface area contributed by atoms with Crippen LogP contribution in [0.25, 0.3) is 0 Å². The maximum atomic E-state index is 14.3. The first-order valence-electron chi connectivity index (χ1n) is 9.59. The summed E-state index contributed by atoms with van der Waals surface area (Å²) in [4.78, 5) is 26.9. The fraction of sp³-hybridized carbons (Fsp3) is 0.333. The summed E-state index contributed by atoms with van der Waals surface area (Å²) < 4.78 is 39.7. The van der Waals surface area contributed by atoms with E-state index in [-0.39, 0.29) is 12.2 Å². The number of nitrogens with one attached hydrogen (secondary N) is 1. The number of carbonyl (C=O) groups is 2. The third-order valence-corrected chi connectivity index (χ3v) is 6.11. The van der Waals surface area contributed by atoms with Gasteiger partial charge in [0, 0.05) is 18.1 Å². The number of hydrogen-bond acceptors (Lipinski definition) is 4. The van der Waals surface area contributed by atoms with E-state index in [0.717, 1.165) is 12.3 Å². The molecule has 0 spiro atoms. The average molecular weight is 470 g/mol.